The first-order valence-electron chi connectivity index (χ1n) is 6.12. The topological polar surface area (TPSA) is 38.1 Å². The lowest BCUT2D eigenvalue weighted by atomic mass is 10.3. The van der Waals surface area contributed by atoms with Gasteiger partial charge < -0.3 is 9.47 Å². The number of hydrogen-bond acceptors (Lipinski definition) is 2. The molecule has 0 aliphatic rings. The molecule has 0 saturated heterocycles. The van der Waals surface area contributed by atoms with Crippen molar-refractivity contribution in [2.45, 2.75) is 19.3 Å². The highest BCUT2D eigenvalue weighted by molar-refractivity contribution is 6.31. The smallest absolute Gasteiger partial charge is 0.242 e. The Morgan fingerprint density at radius 1 is 1.50 bits per heavy atom. The third-order valence-corrected chi connectivity index (χ3v) is 3.71. The van der Waals surface area contributed by atoms with Gasteiger partial charge in [-0.3, -0.25) is 4.79 Å². The number of hydrogen-bond donors (Lipinski definition) is 0. The summed E-state index contributed by atoms with van der Waals surface area (Å²) >= 11 is 11.6. The number of carbonyl (C=O) groups is 1. The van der Waals surface area contributed by atoms with Crippen LogP contribution in [-0.4, -0.2) is 34.0 Å². The van der Waals surface area contributed by atoms with E-state index in [1.165, 1.54) is 12.1 Å². The molecule has 0 fully saturated rings. The molecule has 0 N–H and O–H groups in total. The van der Waals surface area contributed by atoms with Crippen molar-refractivity contribution in [3.05, 3.63) is 28.8 Å². The lowest BCUT2D eigenvalue weighted by Gasteiger charge is -2.16. The van der Waals surface area contributed by atoms with Gasteiger partial charge in [0.2, 0.25) is 5.91 Å². The summed E-state index contributed by atoms with van der Waals surface area (Å²) in [5.41, 5.74) is 1.04. The van der Waals surface area contributed by atoms with E-state index in [1.54, 1.807) is 16.5 Å². The molecule has 0 spiro atoms. The van der Waals surface area contributed by atoms with Crippen molar-refractivity contribution in [3.63, 3.8) is 0 Å². The molecule has 0 bridgehead atoms. The van der Waals surface area contributed by atoms with Crippen LogP contribution in [0.5, 0.6) is 0 Å². The maximum atomic E-state index is 13.4. The van der Waals surface area contributed by atoms with E-state index < -0.39 is 5.82 Å². The molecule has 1 heterocycles. The minimum absolute atomic E-state index is 0.00364. The van der Waals surface area contributed by atoms with Crippen LogP contribution in [0.25, 0.3) is 11.0 Å². The Kier molecular flexibility index (Phi) is 4.50. The van der Waals surface area contributed by atoms with E-state index in [9.17, 15) is 9.18 Å². The first-order chi connectivity index (χ1) is 9.47. The second-order valence-corrected chi connectivity index (χ2v) is 5.09. The fourth-order valence-electron chi connectivity index (χ4n) is 1.88. The zero-order valence-electron chi connectivity index (χ0n) is 11.2. The predicted molar refractivity (Wildman–Crippen MR) is 77.6 cm³/mol. The van der Waals surface area contributed by atoms with Gasteiger partial charge in [-0.2, -0.15) is 0 Å². The maximum absolute atomic E-state index is 13.4. The summed E-state index contributed by atoms with van der Waals surface area (Å²) in [5, 5.41) is -0.00364. The van der Waals surface area contributed by atoms with Crippen LogP contribution in [0, 0.1) is 5.82 Å². The second kappa shape index (κ2) is 5.97. The first kappa shape index (κ1) is 15.1. The number of amides is 1. The Labute approximate surface area is 126 Å². The highest BCUT2D eigenvalue weighted by Crippen LogP contribution is 2.24. The lowest BCUT2D eigenvalue weighted by molar-refractivity contribution is -0.130. The van der Waals surface area contributed by atoms with Crippen LogP contribution < -0.4 is 0 Å². The van der Waals surface area contributed by atoms with Crippen molar-refractivity contribution in [2.75, 3.05) is 13.6 Å². The quantitative estimate of drug-likeness (QED) is 0.813. The van der Waals surface area contributed by atoms with Crippen molar-refractivity contribution >= 4 is 40.1 Å². The number of nitrogens with zero attached hydrogens (tertiary/aromatic N) is 3. The minimum Gasteiger partial charge on any atom is -0.344 e. The van der Waals surface area contributed by atoms with Crippen LogP contribution in [-0.2, 0) is 17.2 Å². The van der Waals surface area contributed by atoms with E-state index in [0.717, 1.165) is 0 Å². The summed E-state index contributed by atoms with van der Waals surface area (Å²) in [7, 11) is 1.72. The Bertz CT molecular complexity index is 657. The number of carbonyl (C=O) groups excluding carboxylic acids is 1. The molecule has 0 aliphatic carbocycles. The standard InChI is InChI=1S/C13H14Cl2FN3O/c1-3-18(2)13(20)7-19-11-4-8(15)9(16)5-10(11)17-12(19)6-14/h4-5H,3,6-7H2,1-2H3. The van der Waals surface area contributed by atoms with Gasteiger partial charge in [-0.1, -0.05) is 11.6 Å². The van der Waals surface area contributed by atoms with E-state index in [1.807, 2.05) is 6.92 Å². The van der Waals surface area contributed by atoms with Gasteiger partial charge >= 0.3 is 0 Å². The number of rotatable bonds is 4. The molecule has 0 unspecified atom stereocenters. The van der Waals surface area contributed by atoms with E-state index in [0.29, 0.717) is 23.4 Å². The first-order valence-corrected chi connectivity index (χ1v) is 7.03. The summed E-state index contributed by atoms with van der Waals surface area (Å²) in [4.78, 5) is 17.9. The Balaban J connectivity index is 2.50. The minimum atomic E-state index is -0.540. The Morgan fingerprint density at radius 2 is 2.20 bits per heavy atom. The average molecular weight is 318 g/mol. The SMILES string of the molecule is CCN(C)C(=O)Cn1c(CCl)nc2cc(F)c(Cl)cc21. The number of imidazole rings is 1. The molecule has 7 heteroatoms. The van der Waals surface area contributed by atoms with Crippen LogP contribution in [0.15, 0.2) is 12.1 Å². The second-order valence-electron chi connectivity index (χ2n) is 4.41. The third-order valence-electron chi connectivity index (χ3n) is 3.18. The molecule has 1 aromatic heterocycles. The molecule has 1 amide bonds. The number of aromatic nitrogens is 2. The fourth-order valence-corrected chi connectivity index (χ4v) is 2.24. The van der Waals surface area contributed by atoms with Crippen molar-refractivity contribution in [1.82, 2.24) is 14.5 Å². The summed E-state index contributed by atoms with van der Waals surface area (Å²) in [6.45, 7) is 2.60. The number of likely N-dealkylation sites (N-methyl/N-ethyl adjacent to an activating group) is 1. The van der Waals surface area contributed by atoms with Gasteiger partial charge in [0.05, 0.1) is 21.9 Å². The van der Waals surface area contributed by atoms with Crippen LogP contribution in [0.4, 0.5) is 4.39 Å². The van der Waals surface area contributed by atoms with Gasteiger partial charge in [0.1, 0.15) is 18.2 Å². The molecule has 0 saturated carbocycles. The monoisotopic (exact) mass is 317 g/mol. The molecular weight excluding hydrogens is 304 g/mol. The van der Waals surface area contributed by atoms with E-state index in [-0.39, 0.29) is 23.4 Å². The van der Waals surface area contributed by atoms with Gasteiger partial charge in [-0.05, 0) is 13.0 Å². The highest BCUT2D eigenvalue weighted by atomic mass is 35.5. The molecule has 0 radical (unpaired) electrons. The number of benzene rings is 1. The molecule has 0 aliphatic heterocycles. The van der Waals surface area contributed by atoms with Gasteiger partial charge in [-0.25, -0.2) is 9.37 Å². The number of halogens is 3. The molecule has 4 nitrogen and oxygen atoms in total. The van der Waals surface area contributed by atoms with Crippen molar-refractivity contribution in [3.8, 4) is 0 Å². The van der Waals surface area contributed by atoms with Gasteiger partial charge in [0.25, 0.3) is 0 Å². The predicted octanol–water partition coefficient (Wildman–Crippen LogP) is 3.05. The molecule has 0 atom stereocenters. The van der Waals surface area contributed by atoms with Crippen molar-refractivity contribution < 1.29 is 9.18 Å². The number of fused-ring (bicyclic) bond motifs is 1. The van der Waals surface area contributed by atoms with Crippen LogP contribution in [0.1, 0.15) is 12.7 Å². The fraction of sp³-hybridized carbons (Fsp3) is 0.385. The largest absolute Gasteiger partial charge is 0.344 e. The summed E-state index contributed by atoms with van der Waals surface area (Å²) in [6.07, 6.45) is 0. The maximum Gasteiger partial charge on any atom is 0.242 e. The van der Waals surface area contributed by atoms with Crippen LogP contribution in [0.3, 0.4) is 0 Å². The third kappa shape index (κ3) is 2.74. The van der Waals surface area contributed by atoms with Gasteiger partial charge in [-0.15, -0.1) is 11.6 Å². The zero-order valence-corrected chi connectivity index (χ0v) is 12.7. The summed E-state index contributed by atoms with van der Waals surface area (Å²) < 4.78 is 15.1. The lowest BCUT2D eigenvalue weighted by Crippen LogP contribution is -2.30. The molecule has 108 valence electrons. The molecule has 2 rings (SSSR count). The molecule has 2 aromatic rings. The van der Waals surface area contributed by atoms with E-state index >= 15 is 0 Å². The molecular formula is C13H14Cl2FN3O. The van der Waals surface area contributed by atoms with Crippen molar-refractivity contribution in [2.24, 2.45) is 0 Å². The van der Waals surface area contributed by atoms with Crippen molar-refractivity contribution in [1.29, 1.82) is 0 Å². The summed E-state index contributed by atoms with van der Waals surface area (Å²) in [6, 6.07) is 2.72. The summed E-state index contributed by atoms with van der Waals surface area (Å²) in [5.74, 6) is 0.0403. The Morgan fingerprint density at radius 3 is 2.80 bits per heavy atom. The average Bonchev–Trinajstić information content (AvgIpc) is 2.76. The van der Waals surface area contributed by atoms with Crippen LogP contribution >= 0.6 is 23.2 Å². The van der Waals surface area contributed by atoms with Crippen LogP contribution in [0.2, 0.25) is 5.02 Å². The van der Waals surface area contributed by atoms with E-state index in [4.69, 9.17) is 23.2 Å². The zero-order chi connectivity index (χ0) is 14.9. The highest BCUT2D eigenvalue weighted by Gasteiger charge is 2.16. The molecule has 20 heavy (non-hydrogen) atoms. The normalized spacial score (nSPS) is 11.1. The van der Waals surface area contributed by atoms with E-state index in [2.05, 4.69) is 4.98 Å². The Hall–Kier alpha value is -1.33. The van der Waals surface area contributed by atoms with Gasteiger partial charge in [0, 0.05) is 19.7 Å². The van der Waals surface area contributed by atoms with Gasteiger partial charge in [0.15, 0.2) is 0 Å². The molecule has 1 aromatic carbocycles. The number of alkyl halides is 1.